The Labute approximate surface area is 112 Å². The van der Waals surface area contributed by atoms with E-state index < -0.39 is 0 Å². The maximum atomic E-state index is 12.2. The molecule has 0 atom stereocenters. The Morgan fingerprint density at radius 2 is 2.21 bits per heavy atom. The van der Waals surface area contributed by atoms with Crippen LogP contribution < -0.4 is 10.6 Å². The van der Waals surface area contributed by atoms with Crippen molar-refractivity contribution in [2.75, 3.05) is 18.4 Å². The number of hydrogen-bond donors (Lipinski definition) is 2. The highest BCUT2D eigenvalue weighted by Crippen LogP contribution is 2.20. The Balaban J connectivity index is 1.76. The molecule has 3 rings (SSSR count). The monoisotopic (exact) mass is 258 g/mol. The van der Waals surface area contributed by atoms with Crippen molar-refractivity contribution in [3.63, 3.8) is 0 Å². The number of piperidine rings is 1. The van der Waals surface area contributed by atoms with Gasteiger partial charge in [0.15, 0.2) is 0 Å². The summed E-state index contributed by atoms with van der Waals surface area (Å²) < 4.78 is 1.81. The number of carbonyl (C=O) groups is 1. The summed E-state index contributed by atoms with van der Waals surface area (Å²) in [6.45, 7) is 1.86. The number of hydrogen-bond acceptors (Lipinski definition) is 3. The number of rotatable bonds is 2. The lowest BCUT2D eigenvalue weighted by molar-refractivity contribution is -0.120. The van der Waals surface area contributed by atoms with Gasteiger partial charge < -0.3 is 10.6 Å². The largest absolute Gasteiger partial charge is 0.326 e. The first kappa shape index (κ1) is 12.2. The summed E-state index contributed by atoms with van der Waals surface area (Å²) in [6, 6.07) is 5.89. The number of amides is 1. The molecule has 1 aliphatic rings. The van der Waals surface area contributed by atoms with Crippen molar-refractivity contribution in [2.45, 2.75) is 12.8 Å². The molecule has 1 aromatic carbocycles. The van der Waals surface area contributed by atoms with Crippen LogP contribution >= 0.6 is 0 Å². The van der Waals surface area contributed by atoms with Gasteiger partial charge in [-0.25, -0.2) is 0 Å². The highest BCUT2D eigenvalue weighted by molar-refractivity contribution is 5.94. The van der Waals surface area contributed by atoms with Crippen molar-refractivity contribution in [3.05, 3.63) is 24.4 Å². The molecule has 0 unspecified atom stereocenters. The summed E-state index contributed by atoms with van der Waals surface area (Å²) in [5.74, 6) is 0.256. The van der Waals surface area contributed by atoms with E-state index in [0.29, 0.717) is 0 Å². The molecule has 2 aromatic rings. The fraction of sp³-hybridized carbons (Fsp3) is 0.429. The summed E-state index contributed by atoms with van der Waals surface area (Å²) in [6.07, 6.45) is 3.66. The quantitative estimate of drug-likeness (QED) is 0.858. The fourth-order valence-corrected chi connectivity index (χ4v) is 2.55. The third-order valence-corrected chi connectivity index (χ3v) is 3.73. The lowest BCUT2D eigenvalue weighted by atomic mass is 9.97. The van der Waals surface area contributed by atoms with E-state index in [-0.39, 0.29) is 11.8 Å². The first-order valence-corrected chi connectivity index (χ1v) is 6.67. The van der Waals surface area contributed by atoms with E-state index in [1.54, 1.807) is 0 Å². The maximum absolute atomic E-state index is 12.2. The third-order valence-electron chi connectivity index (χ3n) is 3.73. The van der Waals surface area contributed by atoms with Gasteiger partial charge >= 0.3 is 0 Å². The van der Waals surface area contributed by atoms with Crippen molar-refractivity contribution < 1.29 is 4.79 Å². The molecule has 2 heterocycles. The molecule has 2 N–H and O–H groups in total. The van der Waals surface area contributed by atoms with Crippen LogP contribution in [0.15, 0.2) is 24.4 Å². The highest BCUT2D eigenvalue weighted by Gasteiger charge is 2.20. The van der Waals surface area contributed by atoms with Gasteiger partial charge in [0.2, 0.25) is 5.91 Å². The normalized spacial score (nSPS) is 16.7. The molecule has 1 amide bonds. The zero-order valence-corrected chi connectivity index (χ0v) is 11.0. The van der Waals surface area contributed by atoms with E-state index in [1.165, 1.54) is 0 Å². The first-order valence-electron chi connectivity index (χ1n) is 6.67. The second-order valence-electron chi connectivity index (χ2n) is 5.06. The molecule has 19 heavy (non-hydrogen) atoms. The number of aromatic nitrogens is 2. The Morgan fingerprint density at radius 1 is 1.42 bits per heavy atom. The summed E-state index contributed by atoms with van der Waals surface area (Å²) >= 11 is 0. The summed E-state index contributed by atoms with van der Waals surface area (Å²) in [5, 5.41) is 11.6. The van der Waals surface area contributed by atoms with Gasteiger partial charge in [-0.2, -0.15) is 5.10 Å². The maximum Gasteiger partial charge on any atom is 0.227 e. The molecule has 1 fully saturated rings. The lowest BCUT2D eigenvalue weighted by Crippen LogP contribution is -2.34. The molecule has 100 valence electrons. The van der Waals surface area contributed by atoms with Gasteiger partial charge in [-0.1, -0.05) is 0 Å². The predicted molar refractivity (Wildman–Crippen MR) is 74.9 cm³/mol. The average Bonchev–Trinajstić information content (AvgIpc) is 2.81. The van der Waals surface area contributed by atoms with Crippen LogP contribution in [0, 0.1) is 5.92 Å². The molecule has 5 heteroatoms. The van der Waals surface area contributed by atoms with Crippen LogP contribution in [0.5, 0.6) is 0 Å². The Hall–Kier alpha value is -1.88. The van der Waals surface area contributed by atoms with Gasteiger partial charge in [-0.05, 0) is 44.1 Å². The zero-order chi connectivity index (χ0) is 13.2. The smallest absolute Gasteiger partial charge is 0.227 e. The number of nitrogens with one attached hydrogen (secondary N) is 2. The second-order valence-corrected chi connectivity index (χ2v) is 5.06. The molecular weight excluding hydrogens is 240 g/mol. The van der Waals surface area contributed by atoms with Crippen LogP contribution in [0.4, 0.5) is 5.69 Å². The van der Waals surface area contributed by atoms with Crippen LogP contribution in [0.1, 0.15) is 12.8 Å². The second kappa shape index (κ2) is 5.01. The van der Waals surface area contributed by atoms with Crippen LogP contribution in [0.3, 0.4) is 0 Å². The molecule has 5 nitrogen and oxygen atoms in total. The number of carbonyl (C=O) groups excluding carboxylic acids is 1. The average molecular weight is 258 g/mol. The number of aryl methyl sites for hydroxylation is 1. The first-order chi connectivity index (χ1) is 9.24. The summed E-state index contributed by atoms with van der Waals surface area (Å²) in [4.78, 5) is 12.2. The van der Waals surface area contributed by atoms with E-state index in [9.17, 15) is 4.79 Å². The molecule has 0 radical (unpaired) electrons. The van der Waals surface area contributed by atoms with E-state index in [2.05, 4.69) is 15.7 Å². The number of anilines is 1. The molecule has 1 aromatic heterocycles. The van der Waals surface area contributed by atoms with Gasteiger partial charge in [0.05, 0.1) is 11.7 Å². The fourth-order valence-electron chi connectivity index (χ4n) is 2.55. The zero-order valence-electron chi connectivity index (χ0n) is 11.0. The number of benzene rings is 1. The molecule has 0 aliphatic carbocycles. The Bertz CT molecular complexity index is 599. The molecule has 0 bridgehead atoms. The molecule has 0 saturated carbocycles. The standard InChI is InChI=1S/C14H18N4O/c1-18-13-8-12(3-2-11(13)9-16-18)17-14(19)10-4-6-15-7-5-10/h2-3,8-10,15H,4-7H2,1H3,(H,17,19). The molecule has 1 aliphatic heterocycles. The van der Waals surface area contributed by atoms with Crippen molar-refractivity contribution in [1.29, 1.82) is 0 Å². The van der Waals surface area contributed by atoms with Gasteiger partial charge in [-0.15, -0.1) is 0 Å². The SMILES string of the molecule is Cn1ncc2ccc(NC(=O)C3CCNCC3)cc21. The van der Waals surface area contributed by atoms with E-state index in [4.69, 9.17) is 0 Å². The van der Waals surface area contributed by atoms with Crippen LogP contribution in [-0.4, -0.2) is 28.8 Å². The van der Waals surface area contributed by atoms with Crippen molar-refractivity contribution >= 4 is 22.5 Å². The van der Waals surface area contributed by atoms with Gasteiger partial charge in [0.1, 0.15) is 0 Å². The van der Waals surface area contributed by atoms with E-state index >= 15 is 0 Å². The number of fused-ring (bicyclic) bond motifs is 1. The predicted octanol–water partition coefficient (Wildman–Crippen LogP) is 1.51. The molecule has 1 saturated heterocycles. The van der Waals surface area contributed by atoms with E-state index in [1.807, 2.05) is 36.1 Å². The van der Waals surface area contributed by atoms with Crippen molar-refractivity contribution in [1.82, 2.24) is 15.1 Å². The summed E-state index contributed by atoms with van der Waals surface area (Å²) in [5.41, 5.74) is 1.88. The van der Waals surface area contributed by atoms with Gasteiger partial charge in [-0.3, -0.25) is 9.48 Å². The van der Waals surface area contributed by atoms with Crippen molar-refractivity contribution in [3.8, 4) is 0 Å². The van der Waals surface area contributed by atoms with Crippen molar-refractivity contribution in [2.24, 2.45) is 13.0 Å². The summed E-state index contributed by atoms with van der Waals surface area (Å²) in [7, 11) is 1.90. The van der Waals surface area contributed by atoms with Crippen LogP contribution in [-0.2, 0) is 11.8 Å². The van der Waals surface area contributed by atoms with E-state index in [0.717, 1.165) is 42.5 Å². The minimum atomic E-state index is 0.128. The third kappa shape index (κ3) is 2.46. The lowest BCUT2D eigenvalue weighted by Gasteiger charge is -2.21. The minimum Gasteiger partial charge on any atom is -0.326 e. The Kier molecular flexibility index (Phi) is 3.21. The highest BCUT2D eigenvalue weighted by atomic mass is 16.1. The number of nitrogens with zero attached hydrogens (tertiary/aromatic N) is 2. The Morgan fingerprint density at radius 3 is 3.00 bits per heavy atom. The van der Waals surface area contributed by atoms with Gasteiger partial charge in [0.25, 0.3) is 0 Å². The van der Waals surface area contributed by atoms with Crippen LogP contribution in [0.2, 0.25) is 0 Å². The minimum absolute atomic E-state index is 0.128. The topological polar surface area (TPSA) is 59.0 Å². The van der Waals surface area contributed by atoms with Crippen LogP contribution in [0.25, 0.3) is 10.9 Å². The molecular formula is C14H18N4O. The van der Waals surface area contributed by atoms with Gasteiger partial charge in [0, 0.05) is 24.0 Å². The molecule has 0 spiro atoms.